The van der Waals surface area contributed by atoms with Gasteiger partial charge in [-0.1, -0.05) is 17.3 Å². The molecule has 0 spiro atoms. The van der Waals surface area contributed by atoms with Crippen LogP contribution >= 0.6 is 0 Å². The first kappa shape index (κ1) is 20.1. The van der Waals surface area contributed by atoms with E-state index in [2.05, 4.69) is 10.5 Å². The molecule has 2 heterocycles. The quantitative estimate of drug-likeness (QED) is 0.736. The molecule has 0 aliphatic carbocycles. The van der Waals surface area contributed by atoms with Gasteiger partial charge in [0.05, 0.1) is 12.6 Å². The van der Waals surface area contributed by atoms with E-state index in [0.29, 0.717) is 29.4 Å². The Morgan fingerprint density at radius 3 is 2.89 bits per heavy atom. The van der Waals surface area contributed by atoms with Gasteiger partial charge in [0.1, 0.15) is 11.5 Å². The first-order chi connectivity index (χ1) is 13.4. The molecule has 0 bridgehead atoms. The number of ketones is 1. The molecule has 7 heteroatoms. The van der Waals surface area contributed by atoms with Crippen LogP contribution in [-0.4, -0.2) is 47.5 Å². The zero-order chi connectivity index (χ0) is 20.1. The van der Waals surface area contributed by atoms with Gasteiger partial charge in [-0.05, 0) is 52.3 Å². The summed E-state index contributed by atoms with van der Waals surface area (Å²) in [5.41, 5.74) is 0.660. The Kier molecular flexibility index (Phi) is 6.46. The highest BCUT2D eigenvalue weighted by atomic mass is 16.5. The number of hydrogen-bond donors (Lipinski definition) is 1. The highest BCUT2D eigenvalue weighted by molar-refractivity contribution is 5.98. The van der Waals surface area contributed by atoms with E-state index in [9.17, 15) is 9.59 Å². The van der Waals surface area contributed by atoms with Crippen LogP contribution in [0, 0.1) is 12.8 Å². The molecule has 1 aromatic carbocycles. The number of nitrogens with one attached hydrogen (secondary N) is 1. The van der Waals surface area contributed by atoms with Crippen LogP contribution in [0.25, 0.3) is 0 Å². The molecule has 1 atom stereocenters. The van der Waals surface area contributed by atoms with Gasteiger partial charge in [-0.2, -0.15) is 0 Å². The number of hydrogen-bond acceptors (Lipinski definition) is 6. The van der Waals surface area contributed by atoms with Crippen molar-refractivity contribution >= 4 is 17.5 Å². The summed E-state index contributed by atoms with van der Waals surface area (Å²) >= 11 is 0. The minimum Gasteiger partial charge on any atom is -0.491 e. The fourth-order valence-electron chi connectivity index (χ4n) is 3.45. The van der Waals surface area contributed by atoms with E-state index in [1.54, 1.807) is 19.1 Å². The molecule has 1 aromatic heterocycles. The molecule has 0 radical (unpaired) electrons. The Labute approximate surface area is 165 Å². The van der Waals surface area contributed by atoms with Gasteiger partial charge in [0.15, 0.2) is 11.6 Å². The smallest absolute Gasteiger partial charge is 0.239 e. The molecule has 1 saturated heterocycles. The van der Waals surface area contributed by atoms with E-state index >= 15 is 0 Å². The molecule has 1 amide bonds. The van der Waals surface area contributed by atoms with Crippen LogP contribution in [0.1, 0.15) is 42.8 Å². The molecule has 150 valence electrons. The van der Waals surface area contributed by atoms with Crippen molar-refractivity contribution in [1.29, 1.82) is 0 Å². The summed E-state index contributed by atoms with van der Waals surface area (Å²) in [5.74, 6) is 1.58. The van der Waals surface area contributed by atoms with Gasteiger partial charge in [0.2, 0.25) is 5.91 Å². The molecule has 0 unspecified atom stereocenters. The Bertz CT molecular complexity index is 831. The third kappa shape index (κ3) is 5.42. The van der Waals surface area contributed by atoms with Gasteiger partial charge in [0, 0.05) is 24.1 Å². The van der Waals surface area contributed by atoms with E-state index in [4.69, 9.17) is 9.26 Å². The van der Waals surface area contributed by atoms with Crippen LogP contribution < -0.4 is 10.1 Å². The first-order valence-electron chi connectivity index (χ1n) is 9.67. The summed E-state index contributed by atoms with van der Waals surface area (Å²) in [7, 11) is 0. The van der Waals surface area contributed by atoms with Crippen LogP contribution in [-0.2, 0) is 4.79 Å². The molecule has 28 heavy (non-hydrogen) atoms. The number of carbonyl (C=O) groups excluding carboxylic acids is 2. The van der Waals surface area contributed by atoms with Crippen LogP contribution in [0.5, 0.6) is 5.75 Å². The third-order valence-corrected chi connectivity index (χ3v) is 4.63. The predicted molar refractivity (Wildman–Crippen MR) is 106 cm³/mol. The molecule has 0 saturated carbocycles. The molecule has 7 nitrogen and oxygen atoms in total. The number of ether oxygens (including phenoxy) is 1. The first-order valence-corrected chi connectivity index (χ1v) is 9.67. The summed E-state index contributed by atoms with van der Waals surface area (Å²) in [4.78, 5) is 27.2. The van der Waals surface area contributed by atoms with Crippen LogP contribution in [0.3, 0.4) is 0 Å². The molecule has 1 N–H and O–H groups in total. The van der Waals surface area contributed by atoms with Crippen LogP contribution in [0.4, 0.5) is 5.82 Å². The second kappa shape index (κ2) is 9.01. The third-order valence-electron chi connectivity index (χ3n) is 4.63. The normalized spacial score (nSPS) is 17.5. The molecule has 2 aromatic rings. The number of likely N-dealkylation sites (tertiary alicyclic amines) is 1. The Balaban J connectivity index is 1.58. The van der Waals surface area contributed by atoms with E-state index in [1.807, 2.05) is 36.9 Å². The molecule has 3 rings (SSSR count). The van der Waals surface area contributed by atoms with Crippen LogP contribution in [0.2, 0.25) is 0 Å². The zero-order valence-corrected chi connectivity index (χ0v) is 16.6. The molecular weight excluding hydrogens is 358 g/mol. The van der Waals surface area contributed by atoms with Crippen LogP contribution in [0.15, 0.2) is 34.9 Å². The van der Waals surface area contributed by atoms with Gasteiger partial charge in [0.25, 0.3) is 0 Å². The van der Waals surface area contributed by atoms with Crippen molar-refractivity contribution in [2.45, 2.75) is 39.7 Å². The summed E-state index contributed by atoms with van der Waals surface area (Å²) in [6.07, 6.45) is 1.77. The van der Waals surface area contributed by atoms with E-state index in [0.717, 1.165) is 19.4 Å². The van der Waals surface area contributed by atoms with Crippen molar-refractivity contribution in [3.05, 3.63) is 41.7 Å². The summed E-state index contributed by atoms with van der Waals surface area (Å²) in [6.45, 7) is 7.28. The van der Waals surface area contributed by atoms with E-state index in [1.165, 1.54) is 0 Å². The minimum absolute atomic E-state index is 0.0579. The second-order valence-electron chi connectivity index (χ2n) is 7.50. The average Bonchev–Trinajstić information content (AvgIpc) is 3.05. The molecule has 1 aliphatic heterocycles. The van der Waals surface area contributed by atoms with Gasteiger partial charge < -0.3 is 14.6 Å². The second-order valence-corrected chi connectivity index (χ2v) is 7.50. The lowest BCUT2D eigenvalue weighted by Crippen LogP contribution is -2.42. The van der Waals surface area contributed by atoms with E-state index in [-0.39, 0.29) is 30.3 Å². The standard InChI is InChI=1S/C21H27N3O4/c1-14(2)27-18-8-4-6-16(11-18)21(26)17-7-5-9-24(12-17)13-20(25)22-19-10-15(3)28-23-19/h4,6,8,10-11,14,17H,5,7,9,12-13H2,1-3H3,(H,22,23,25)/t17-/m1/s1. The Morgan fingerprint density at radius 2 is 2.18 bits per heavy atom. The number of aryl methyl sites for hydroxylation is 1. The average molecular weight is 385 g/mol. The van der Waals surface area contributed by atoms with Gasteiger partial charge in [-0.3, -0.25) is 14.5 Å². The van der Waals surface area contributed by atoms with Crippen molar-refractivity contribution in [2.75, 3.05) is 25.0 Å². The van der Waals surface area contributed by atoms with E-state index < -0.39 is 0 Å². The lowest BCUT2D eigenvalue weighted by atomic mass is 9.90. The van der Waals surface area contributed by atoms with Crippen molar-refractivity contribution in [2.24, 2.45) is 5.92 Å². The predicted octanol–water partition coefficient (Wildman–Crippen LogP) is 3.30. The minimum atomic E-state index is -0.159. The van der Waals surface area contributed by atoms with Crippen molar-refractivity contribution in [3.63, 3.8) is 0 Å². The monoisotopic (exact) mass is 385 g/mol. The molecular formula is C21H27N3O4. The Morgan fingerprint density at radius 1 is 1.36 bits per heavy atom. The zero-order valence-electron chi connectivity index (χ0n) is 16.6. The highest BCUT2D eigenvalue weighted by Gasteiger charge is 2.28. The number of piperidine rings is 1. The number of aromatic nitrogens is 1. The van der Waals surface area contributed by atoms with Gasteiger partial charge >= 0.3 is 0 Å². The summed E-state index contributed by atoms with van der Waals surface area (Å²) < 4.78 is 10.6. The number of Topliss-reactive ketones (excluding diaryl/α,β-unsaturated/α-hetero) is 1. The van der Waals surface area contributed by atoms with Gasteiger partial charge in [-0.15, -0.1) is 0 Å². The maximum atomic E-state index is 13.0. The van der Waals surface area contributed by atoms with Crippen molar-refractivity contribution < 1.29 is 18.8 Å². The Hall–Kier alpha value is -2.67. The highest BCUT2D eigenvalue weighted by Crippen LogP contribution is 2.23. The summed E-state index contributed by atoms with van der Waals surface area (Å²) in [5, 5.41) is 6.49. The fourth-order valence-corrected chi connectivity index (χ4v) is 3.45. The number of amides is 1. The largest absolute Gasteiger partial charge is 0.491 e. The lowest BCUT2D eigenvalue weighted by molar-refractivity contribution is -0.117. The van der Waals surface area contributed by atoms with Gasteiger partial charge in [-0.25, -0.2) is 0 Å². The maximum Gasteiger partial charge on any atom is 0.239 e. The number of anilines is 1. The lowest BCUT2D eigenvalue weighted by Gasteiger charge is -2.31. The SMILES string of the molecule is Cc1cc(NC(=O)CN2CCC[C@@H](C(=O)c3cccc(OC(C)C)c3)C2)no1. The number of benzene rings is 1. The fraction of sp³-hybridized carbons (Fsp3) is 0.476. The van der Waals surface area contributed by atoms with Crippen molar-refractivity contribution in [1.82, 2.24) is 10.1 Å². The number of carbonyl (C=O) groups is 2. The number of rotatable bonds is 7. The molecule has 1 fully saturated rings. The topological polar surface area (TPSA) is 84.7 Å². The number of nitrogens with zero attached hydrogens (tertiary/aromatic N) is 2. The summed E-state index contributed by atoms with van der Waals surface area (Å²) in [6, 6.07) is 9.01. The van der Waals surface area contributed by atoms with Crippen molar-refractivity contribution in [3.8, 4) is 5.75 Å². The molecule has 1 aliphatic rings. The maximum absolute atomic E-state index is 13.0.